The van der Waals surface area contributed by atoms with Gasteiger partial charge in [0.25, 0.3) is 0 Å². The first kappa shape index (κ1) is 13.7. The molecule has 0 spiro atoms. The first-order valence-corrected chi connectivity index (χ1v) is 7.07. The van der Waals surface area contributed by atoms with E-state index in [0.29, 0.717) is 12.8 Å². The van der Waals surface area contributed by atoms with E-state index in [-0.39, 0.29) is 5.97 Å². The van der Waals surface area contributed by atoms with Crippen LogP contribution in [-0.2, 0) is 22.4 Å². The molecular formula is C14H16N2O2S. The second-order valence-electron chi connectivity index (χ2n) is 4.11. The molecule has 0 fully saturated rings. The van der Waals surface area contributed by atoms with Gasteiger partial charge in [0.15, 0.2) is 0 Å². The largest absolute Gasteiger partial charge is 0.469 e. The van der Waals surface area contributed by atoms with Crippen LogP contribution in [0.3, 0.4) is 0 Å². The van der Waals surface area contributed by atoms with Crippen LogP contribution in [0.15, 0.2) is 23.8 Å². The van der Waals surface area contributed by atoms with E-state index < -0.39 is 0 Å². The van der Waals surface area contributed by atoms with Gasteiger partial charge in [-0.05, 0) is 18.1 Å². The van der Waals surface area contributed by atoms with Gasteiger partial charge in [-0.1, -0.05) is 6.92 Å². The third kappa shape index (κ3) is 3.38. The van der Waals surface area contributed by atoms with Crippen molar-refractivity contribution < 1.29 is 9.53 Å². The Morgan fingerprint density at radius 2 is 2.32 bits per heavy atom. The average molecular weight is 276 g/mol. The quantitative estimate of drug-likeness (QED) is 0.788. The summed E-state index contributed by atoms with van der Waals surface area (Å²) in [6, 6.07) is 1.99. The van der Waals surface area contributed by atoms with Crippen LogP contribution in [-0.4, -0.2) is 23.0 Å². The van der Waals surface area contributed by atoms with Crippen LogP contribution >= 0.6 is 11.3 Å². The number of pyridine rings is 1. The van der Waals surface area contributed by atoms with E-state index in [1.165, 1.54) is 12.7 Å². The molecule has 0 bridgehead atoms. The van der Waals surface area contributed by atoms with Crippen LogP contribution in [0.2, 0.25) is 0 Å². The third-order valence-corrected chi connectivity index (χ3v) is 3.80. The van der Waals surface area contributed by atoms with Gasteiger partial charge < -0.3 is 4.74 Å². The number of aryl methyl sites for hydroxylation is 2. The van der Waals surface area contributed by atoms with Gasteiger partial charge >= 0.3 is 5.97 Å². The van der Waals surface area contributed by atoms with Crippen molar-refractivity contribution in [3.63, 3.8) is 0 Å². The topological polar surface area (TPSA) is 52.1 Å². The van der Waals surface area contributed by atoms with Crippen molar-refractivity contribution in [1.82, 2.24) is 9.97 Å². The maximum absolute atomic E-state index is 11.1. The molecule has 2 heterocycles. The van der Waals surface area contributed by atoms with Crippen molar-refractivity contribution in [3.05, 3.63) is 35.1 Å². The van der Waals surface area contributed by atoms with Crippen LogP contribution in [0.5, 0.6) is 0 Å². The van der Waals surface area contributed by atoms with Gasteiger partial charge in [-0.2, -0.15) is 0 Å². The minimum atomic E-state index is -0.201. The van der Waals surface area contributed by atoms with Crippen molar-refractivity contribution in [2.24, 2.45) is 0 Å². The molecule has 0 saturated carbocycles. The number of hydrogen-bond donors (Lipinski definition) is 0. The number of rotatable bonds is 5. The maximum atomic E-state index is 11.1. The molecule has 0 aliphatic heterocycles. The highest BCUT2D eigenvalue weighted by atomic mass is 32.1. The Morgan fingerprint density at radius 3 is 3.05 bits per heavy atom. The normalized spacial score (nSPS) is 10.4. The fraction of sp³-hybridized carbons (Fsp3) is 0.357. The zero-order valence-electron chi connectivity index (χ0n) is 11.0. The van der Waals surface area contributed by atoms with Crippen molar-refractivity contribution >= 4 is 17.3 Å². The maximum Gasteiger partial charge on any atom is 0.305 e. The number of esters is 1. The standard InChI is InChI=1S/C14H16N2O2S/c1-3-10-8-15-7-6-12(10)14-16-11(9-19-14)4-5-13(17)18-2/h6-9H,3-5H2,1-2H3. The molecule has 4 nitrogen and oxygen atoms in total. The van der Waals surface area contributed by atoms with Gasteiger partial charge in [0, 0.05) is 29.8 Å². The van der Waals surface area contributed by atoms with Crippen LogP contribution in [0.4, 0.5) is 0 Å². The van der Waals surface area contributed by atoms with Crippen molar-refractivity contribution in [1.29, 1.82) is 0 Å². The Kier molecular flexibility index (Phi) is 4.63. The molecule has 5 heteroatoms. The van der Waals surface area contributed by atoms with Gasteiger partial charge in [-0.3, -0.25) is 9.78 Å². The minimum Gasteiger partial charge on any atom is -0.469 e. The SMILES string of the molecule is CCc1cnccc1-c1nc(CCC(=O)OC)cs1. The third-order valence-electron chi connectivity index (χ3n) is 2.88. The van der Waals surface area contributed by atoms with Crippen molar-refractivity contribution in [2.45, 2.75) is 26.2 Å². The molecule has 0 aromatic carbocycles. The van der Waals surface area contributed by atoms with E-state index >= 15 is 0 Å². The molecule has 2 aromatic heterocycles. The summed E-state index contributed by atoms with van der Waals surface area (Å²) in [7, 11) is 1.40. The number of aromatic nitrogens is 2. The summed E-state index contributed by atoms with van der Waals surface area (Å²) < 4.78 is 4.63. The van der Waals surface area contributed by atoms with E-state index in [9.17, 15) is 4.79 Å². The van der Waals surface area contributed by atoms with Gasteiger partial charge in [0.2, 0.25) is 0 Å². The lowest BCUT2D eigenvalue weighted by molar-refractivity contribution is -0.140. The fourth-order valence-corrected chi connectivity index (χ4v) is 2.71. The summed E-state index contributed by atoms with van der Waals surface area (Å²) in [6.45, 7) is 2.10. The minimum absolute atomic E-state index is 0.201. The second kappa shape index (κ2) is 6.43. The van der Waals surface area contributed by atoms with Gasteiger partial charge in [-0.25, -0.2) is 4.98 Å². The summed E-state index contributed by atoms with van der Waals surface area (Å²) >= 11 is 1.60. The monoisotopic (exact) mass is 276 g/mol. The Balaban J connectivity index is 2.14. The highest BCUT2D eigenvalue weighted by Crippen LogP contribution is 2.27. The fourth-order valence-electron chi connectivity index (χ4n) is 1.80. The van der Waals surface area contributed by atoms with E-state index in [1.807, 2.05) is 17.6 Å². The highest BCUT2D eigenvalue weighted by molar-refractivity contribution is 7.13. The molecule has 0 radical (unpaired) electrons. The number of thiazole rings is 1. The van der Waals surface area contributed by atoms with Crippen LogP contribution in [0, 0.1) is 0 Å². The van der Waals surface area contributed by atoms with Crippen LogP contribution in [0.1, 0.15) is 24.6 Å². The average Bonchev–Trinajstić information content (AvgIpc) is 2.93. The molecule has 0 aliphatic carbocycles. The first-order valence-electron chi connectivity index (χ1n) is 6.19. The first-order chi connectivity index (χ1) is 9.24. The lowest BCUT2D eigenvalue weighted by atomic mass is 10.1. The smallest absolute Gasteiger partial charge is 0.305 e. The highest BCUT2D eigenvalue weighted by Gasteiger charge is 2.10. The lowest BCUT2D eigenvalue weighted by Gasteiger charge is -2.02. The summed E-state index contributed by atoms with van der Waals surface area (Å²) in [6.07, 6.45) is 5.58. The lowest BCUT2D eigenvalue weighted by Crippen LogP contribution is -2.02. The molecule has 0 saturated heterocycles. The molecule has 0 amide bonds. The van der Waals surface area contributed by atoms with Gasteiger partial charge in [-0.15, -0.1) is 11.3 Å². The van der Waals surface area contributed by atoms with E-state index in [2.05, 4.69) is 21.6 Å². The molecule has 0 atom stereocenters. The molecular weight excluding hydrogens is 260 g/mol. The van der Waals surface area contributed by atoms with E-state index in [1.54, 1.807) is 17.5 Å². The predicted molar refractivity (Wildman–Crippen MR) is 75.1 cm³/mol. The summed E-state index contributed by atoms with van der Waals surface area (Å²) in [5.74, 6) is -0.201. The van der Waals surface area contributed by atoms with Gasteiger partial charge in [0.05, 0.1) is 19.2 Å². The van der Waals surface area contributed by atoms with E-state index in [4.69, 9.17) is 0 Å². The molecule has 2 rings (SSSR count). The molecule has 0 unspecified atom stereocenters. The predicted octanol–water partition coefficient (Wildman–Crippen LogP) is 2.87. The molecule has 2 aromatic rings. The summed E-state index contributed by atoms with van der Waals surface area (Å²) in [4.78, 5) is 19.8. The Morgan fingerprint density at radius 1 is 1.47 bits per heavy atom. The Bertz CT molecular complexity index is 566. The molecule has 19 heavy (non-hydrogen) atoms. The van der Waals surface area contributed by atoms with Crippen molar-refractivity contribution in [3.8, 4) is 10.6 Å². The summed E-state index contributed by atoms with van der Waals surface area (Å²) in [5.41, 5.74) is 3.26. The number of carbonyl (C=O) groups excluding carboxylic acids is 1. The van der Waals surface area contributed by atoms with Gasteiger partial charge in [0.1, 0.15) is 5.01 Å². The number of hydrogen-bond acceptors (Lipinski definition) is 5. The zero-order chi connectivity index (χ0) is 13.7. The number of nitrogens with zero attached hydrogens (tertiary/aromatic N) is 2. The second-order valence-corrected chi connectivity index (χ2v) is 4.96. The summed E-state index contributed by atoms with van der Waals surface area (Å²) in [5, 5.41) is 2.98. The Hall–Kier alpha value is -1.75. The van der Waals surface area contributed by atoms with Crippen LogP contribution in [0.25, 0.3) is 10.6 Å². The van der Waals surface area contributed by atoms with Crippen LogP contribution < -0.4 is 0 Å². The van der Waals surface area contributed by atoms with E-state index in [0.717, 1.165) is 22.7 Å². The zero-order valence-corrected chi connectivity index (χ0v) is 11.9. The number of carbonyl (C=O) groups is 1. The number of methoxy groups -OCH3 is 1. The Labute approximate surface area is 116 Å². The molecule has 0 aliphatic rings. The molecule has 0 N–H and O–H groups in total. The number of ether oxygens (including phenoxy) is 1. The molecule has 100 valence electrons. The van der Waals surface area contributed by atoms with Crippen molar-refractivity contribution in [2.75, 3.05) is 7.11 Å².